The fourth-order valence-corrected chi connectivity index (χ4v) is 2.08. The predicted molar refractivity (Wildman–Crippen MR) is 74.5 cm³/mol. The van der Waals surface area contributed by atoms with E-state index in [0.717, 1.165) is 22.2 Å². The summed E-state index contributed by atoms with van der Waals surface area (Å²) in [6.45, 7) is 0.507. The molecule has 0 spiro atoms. The first-order chi connectivity index (χ1) is 9.78. The SMILES string of the molecule is N#Cc1cc(CNc2cccc3cn[nH]c23)ccc1F. The number of para-hydroxylation sites is 1. The van der Waals surface area contributed by atoms with Gasteiger partial charge in [-0.25, -0.2) is 4.39 Å². The molecule has 3 rings (SSSR count). The zero-order chi connectivity index (χ0) is 13.9. The van der Waals surface area contributed by atoms with Crippen LogP contribution in [0.1, 0.15) is 11.1 Å². The molecule has 0 aliphatic heterocycles. The summed E-state index contributed by atoms with van der Waals surface area (Å²) in [6, 6.07) is 12.2. The van der Waals surface area contributed by atoms with Gasteiger partial charge >= 0.3 is 0 Å². The molecule has 0 fully saturated rings. The van der Waals surface area contributed by atoms with E-state index in [1.807, 2.05) is 24.3 Å². The van der Waals surface area contributed by atoms with Crippen molar-refractivity contribution in [2.24, 2.45) is 0 Å². The summed E-state index contributed by atoms with van der Waals surface area (Å²) in [6.07, 6.45) is 1.76. The van der Waals surface area contributed by atoms with Gasteiger partial charge < -0.3 is 5.32 Å². The van der Waals surface area contributed by atoms with Gasteiger partial charge in [-0.2, -0.15) is 10.4 Å². The molecule has 0 bridgehead atoms. The summed E-state index contributed by atoms with van der Waals surface area (Å²) in [5, 5.41) is 20.0. The van der Waals surface area contributed by atoms with Gasteiger partial charge in [0.1, 0.15) is 11.9 Å². The molecule has 98 valence electrons. The van der Waals surface area contributed by atoms with Crippen LogP contribution in [0.15, 0.2) is 42.6 Å². The fraction of sp³-hybridized carbons (Fsp3) is 0.0667. The fourth-order valence-electron chi connectivity index (χ4n) is 2.08. The van der Waals surface area contributed by atoms with Crippen molar-refractivity contribution in [2.45, 2.75) is 6.54 Å². The van der Waals surface area contributed by atoms with E-state index in [1.165, 1.54) is 6.07 Å². The van der Waals surface area contributed by atoms with Crippen LogP contribution in [0.5, 0.6) is 0 Å². The lowest BCUT2D eigenvalue weighted by Crippen LogP contribution is -2.01. The predicted octanol–water partition coefficient (Wildman–Crippen LogP) is 3.19. The van der Waals surface area contributed by atoms with Crippen LogP contribution in [-0.4, -0.2) is 10.2 Å². The monoisotopic (exact) mass is 266 g/mol. The number of hydrogen-bond donors (Lipinski definition) is 2. The molecule has 0 amide bonds. The van der Waals surface area contributed by atoms with E-state index in [9.17, 15) is 4.39 Å². The van der Waals surface area contributed by atoms with Crippen LogP contribution in [0, 0.1) is 17.1 Å². The Bertz CT molecular complexity index is 801. The highest BCUT2D eigenvalue weighted by Crippen LogP contribution is 2.21. The molecule has 0 atom stereocenters. The van der Waals surface area contributed by atoms with E-state index in [1.54, 1.807) is 18.3 Å². The van der Waals surface area contributed by atoms with E-state index in [-0.39, 0.29) is 5.56 Å². The van der Waals surface area contributed by atoms with E-state index in [0.29, 0.717) is 6.54 Å². The second kappa shape index (κ2) is 5.02. The van der Waals surface area contributed by atoms with Crippen LogP contribution in [0.2, 0.25) is 0 Å². The molecule has 5 heteroatoms. The van der Waals surface area contributed by atoms with Crippen molar-refractivity contribution < 1.29 is 4.39 Å². The van der Waals surface area contributed by atoms with Gasteiger partial charge in [-0.1, -0.05) is 18.2 Å². The Hall–Kier alpha value is -2.87. The zero-order valence-electron chi connectivity index (χ0n) is 10.5. The average molecular weight is 266 g/mol. The molecule has 0 saturated carbocycles. The lowest BCUT2D eigenvalue weighted by Gasteiger charge is -2.08. The summed E-state index contributed by atoms with van der Waals surface area (Å²) in [5.41, 5.74) is 2.75. The molecule has 0 aliphatic carbocycles. The third kappa shape index (κ3) is 2.19. The molecule has 2 N–H and O–H groups in total. The van der Waals surface area contributed by atoms with E-state index < -0.39 is 5.82 Å². The van der Waals surface area contributed by atoms with E-state index in [2.05, 4.69) is 15.5 Å². The topological polar surface area (TPSA) is 64.5 Å². The Labute approximate surface area is 114 Å². The summed E-state index contributed by atoms with van der Waals surface area (Å²) >= 11 is 0. The first-order valence-corrected chi connectivity index (χ1v) is 6.12. The van der Waals surface area contributed by atoms with Gasteiger partial charge in [0.25, 0.3) is 0 Å². The van der Waals surface area contributed by atoms with Gasteiger partial charge in [0.2, 0.25) is 0 Å². The summed E-state index contributed by atoms with van der Waals surface area (Å²) in [4.78, 5) is 0. The molecule has 0 radical (unpaired) electrons. The van der Waals surface area contributed by atoms with Crippen molar-refractivity contribution in [3.8, 4) is 6.07 Å². The molecule has 20 heavy (non-hydrogen) atoms. The number of nitrogens with zero attached hydrogens (tertiary/aromatic N) is 2. The van der Waals surface area contributed by atoms with Crippen molar-refractivity contribution in [1.82, 2.24) is 10.2 Å². The third-order valence-corrected chi connectivity index (χ3v) is 3.11. The molecular formula is C15H11FN4. The van der Waals surface area contributed by atoms with Gasteiger partial charge in [-0.15, -0.1) is 0 Å². The minimum Gasteiger partial charge on any atom is -0.379 e. The Balaban J connectivity index is 1.83. The normalized spacial score (nSPS) is 10.4. The molecule has 2 aromatic carbocycles. The van der Waals surface area contributed by atoms with Crippen LogP contribution >= 0.6 is 0 Å². The number of halogens is 1. The quantitative estimate of drug-likeness (QED) is 0.765. The standard InChI is InChI=1S/C15H11FN4/c16-13-5-4-10(6-12(13)7-17)8-18-14-3-1-2-11-9-19-20-15(11)14/h1-6,9,18H,8H2,(H,19,20). The first kappa shape index (κ1) is 12.2. The van der Waals surface area contributed by atoms with Crippen molar-refractivity contribution >= 4 is 16.6 Å². The molecule has 4 nitrogen and oxygen atoms in total. The maximum absolute atomic E-state index is 13.2. The molecule has 3 aromatic rings. The minimum absolute atomic E-state index is 0.0593. The Morgan fingerprint density at radius 1 is 1.30 bits per heavy atom. The number of anilines is 1. The van der Waals surface area contributed by atoms with Gasteiger partial charge in [-0.05, 0) is 23.8 Å². The lowest BCUT2D eigenvalue weighted by atomic mass is 10.1. The number of fused-ring (bicyclic) bond motifs is 1. The largest absolute Gasteiger partial charge is 0.379 e. The number of hydrogen-bond acceptors (Lipinski definition) is 3. The highest BCUT2D eigenvalue weighted by atomic mass is 19.1. The number of aromatic amines is 1. The number of rotatable bonds is 3. The maximum Gasteiger partial charge on any atom is 0.140 e. The van der Waals surface area contributed by atoms with Crippen molar-refractivity contribution in [2.75, 3.05) is 5.32 Å². The molecule has 0 saturated heterocycles. The highest BCUT2D eigenvalue weighted by molar-refractivity contribution is 5.89. The number of nitrogens with one attached hydrogen (secondary N) is 2. The third-order valence-electron chi connectivity index (χ3n) is 3.11. The average Bonchev–Trinajstić information content (AvgIpc) is 2.95. The zero-order valence-corrected chi connectivity index (χ0v) is 10.5. The second-order valence-corrected chi connectivity index (χ2v) is 4.42. The number of aromatic nitrogens is 2. The lowest BCUT2D eigenvalue weighted by molar-refractivity contribution is 0.623. The Morgan fingerprint density at radius 3 is 3.05 bits per heavy atom. The summed E-state index contributed by atoms with van der Waals surface area (Å²) < 4.78 is 13.2. The first-order valence-electron chi connectivity index (χ1n) is 6.12. The van der Waals surface area contributed by atoms with Gasteiger partial charge in [-0.3, -0.25) is 5.10 Å². The van der Waals surface area contributed by atoms with Crippen LogP contribution in [0.4, 0.5) is 10.1 Å². The van der Waals surface area contributed by atoms with E-state index >= 15 is 0 Å². The van der Waals surface area contributed by atoms with Gasteiger partial charge in [0, 0.05) is 11.9 Å². The van der Waals surface area contributed by atoms with Crippen molar-refractivity contribution in [1.29, 1.82) is 5.26 Å². The van der Waals surface area contributed by atoms with Crippen LogP contribution in [0.25, 0.3) is 10.9 Å². The Morgan fingerprint density at radius 2 is 2.20 bits per heavy atom. The summed E-state index contributed by atoms with van der Waals surface area (Å²) in [7, 11) is 0. The minimum atomic E-state index is -0.494. The Kier molecular flexibility index (Phi) is 3.05. The summed E-state index contributed by atoms with van der Waals surface area (Å²) in [5.74, 6) is -0.494. The second-order valence-electron chi connectivity index (χ2n) is 4.42. The van der Waals surface area contributed by atoms with Crippen LogP contribution in [-0.2, 0) is 6.54 Å². The number of H-pyrrole nitrogens is 1. The molecule has 0 aliphatic rings. The number of nitriles is 1. The van der Waals surface area contributed by atoms with Crippen molar-refractivity contribution in [3.05, 3.63) is 59.5 Å². The highest BCUT2D eigenvalue weighted by Gasteiger charge is 2.05. The van der Waals surface area contributed by atoms with E-state index in [4.69, 9.17) is 5.26 Å². The van der Waals surface area contributed by atoms with Crippen LogP contribution in [0.3, 0.4) is 0 Å². The molecule has 1 aromatic heterocycles. The smallest absolute Gasteiger partial charge is 0.140 e. The number of benzene rings is 2. The molecule has 0 unspecified atom stereocenters. The van der Waals surface area contributed by atoms with Gasteiger partial charge in [0.15, 0.2) is 0 Å². The molecule has 1 heterocycles. The molecular weight excluding hydrogens is 255 g/mol. The van der Waals surface area contributed by atoms with Gasteiger partial charge in [0.05, 0.1) is 23.0 Å². The maximum atomic E-state index is 13.2. The van der Waals surface area contributed by atoms with Crippen LogP contribution < -0.4 is 5.32 Å². The van der Waals surface area contributed by atoms with Crippen molar-refractivity contribution in [3.63, 3.8) is 0 Å².